The first kappa shape index (κ1) is 17.2. The average molecular weight is 337 g/mol. The molecule has 0 spiro atoms. The molecule has 1 aromatic carbocycles. The van der Waals surface area contributed by atoms with Crippen LogP contribution in [0.5, 0.6) is 0 Å². The summed E-state index contributed by atoms with van der Waals surface area (Å²) in [4.78, 5) is 16.1. The summed E-state index contributed by atoms with van der Waals surface area (Å²) >= 11 is 0. The van der Waals surface area contributed by atoms with Crippen molar-refractivity contribution in [1.82, 2.24) is 10.3 Å². The zero-order valence-corrected chi connectivity index (χ0v) is 14.6. The SMILES string of the molecule is CCc1ccc2oc(=O)cc(CNCCNc3ncccc3C)c2c1. The topological polar surface area (TPSA) is 67.2 Å². The van der Waals surface area contributed by atoms with Gasteiger partial charge in [-0.1, -0.05) is 19.1 Å². The molecule has 130 valence electrons. The van der Waals surface area contributed by atoms with Crippen LogP contribution < -0.4 is 16.3 Å². The Bertz CT molecular complexity index is 918. The normalized spacial score (nSPS) is 11.0. The van der Waals surface area contributed by atoms with E-state index in [4.69, 9.17) is 4.42 Å². The van der Waals surface area contributed by atoms with Crippen molar-refractivity contribution in [3.63, 3.8) is 0 Å². The number of aromatic nitrogens is 1. The highest BCUT2D eigenvalue weighted by Crippen LogP contribution is 2.19. The molecule has 5 heteroatoms. The van der Waals surface area contributed by atoms with Crippen molar-refractivity contribution in [3.8, 4) is 0 Å². The van der Waals surface area contributed by atoms with Crippen LogP contribution >= 0.6 is 0 Å². The first-order valence-corrected chi connectivity index (χ1v) is 8.59. The number of hydrogen-bond donors (Lipinski definition) is 2. The van der Waals surface area contributed by atoms with E-state index in [0.717, 1.165) is 41.8 Å². The van der Waals surface area contributed by atoms with Gasteiger partial charge in [0.15, 0.2) is 0 Å². The van der Waals surface area contributed by atoms with E-state index < -0.39 is 0 Å². The minimum absolute atomic E-state index is 0.309. The molecule has 0 aliphatic carbocycles. The predicted molar refractivity (Wildman–Crippen MR) is 101 cm³/mol. The standard InChI is InChI=1S/C20H23N3O2/c1-3-15-6-7-18-17(11-15)16(12-19(24)25-18)13-21-9-10-23-20-14(2)5-4-8-22-20/h4-8,11-12,21H,3,9-10,13H2,1-2H3,(H,22,23). The van der Waals surface area contributed by atoms with Gasteiger partial charge in [0.2, 0.25) is 0 Å². The lowest BCUT2D eigenvalue weighted by molar-refractivity contribution is 0.557. The van der Waals surface area contributed by atoms with E-state index in [1.165, 1.54) is 5.56 Å². The molecule has 2 heterocycles. The molecule has 0 amide bonds. The van der Waals surface area contributed by atoms with Gasteiger partial charge in [0, 0.05) is 37.3 Å². The van der Waals surface area contributed by atoms with Gasteiger partial charge in [-0.2, -0.15) is 0 Å². The summed E-state index contributed by atoms with van der Waals surface area (Å²) in [5.74, 6) is 0.905. The second-order valence-electron chi connectivity index (χ2n) is 6.05. The van der Waals surface area contributed by atoms with Crippen LogP contribution in [-0.2, 0) is 13.0 Å². The second-order valence-corrected chi connectivity index (χ2v) is 6.05. The van der Waals surface area contributed by atoms with Crippen LogP contribution in [0.1, 0.15) is 23.6 Å². The summed E-state index contributed by atoms with van der Waals surface area (Å²) in [7, 11) is 0. The molecule has 2 N–H and O–H groups in total. The molecule has 0 fully saturated rings. The number of rotatable bonds is 7. The Morgan fingerprint density at radius 3 is 2.84 bits per heavy atom. The Kier molecular flexibility index (Phi) is 5.46. The van der Waals surface area contributed by atoms with Crippen LogP contribution in [0.4, 0.5) is 5.82 Å². The lowest BCUT2D eigenvalue weighted by atomic mass is 10.1. The Labute approximate surface area is 147 Å². The number of anilines is 1. The van der Waals surface area contributed by atoms with Crippen molar-refractivity contribution in [3.05, 3.63) is 69.7 Å². The van der Waals surface area contributed by atoms with Crippen LogP contribution in [0.2, 0.25) is 0 Å². The summed E-state index contributed by atoms with van der Waals surface area (Å²) in [5.41, 5.74) is 3.66. The summed E-state index contributed by atoms with van der Waals surface area (Å²) in [6, 6.07) is 11.5. The second kappa shape index (κ2) is 7.94. The van der Waals surface area contributed by atoms with Gasteiger partial charge in [-0.25, -0.2) is 9.78 Å². The summed E-state index contributed by atoms with van der Waals surface area (Å²) in [6.45, 7) is 6.30. The predicted octanol–water partition coefficient (Wildman–Crippen LogP) is 3.26. The molecular formula is C20H23N3O2. The van der Waals surface area contributed by atoms with Gasteiger partial charge in [0.1, 0.15) is 11.4 Å². The summed E-state index contributed by atoms with van der Waals surface area (Å²) < 4.78 is 5.30. The molecule has 3 rings (SSSR count). The van der Waals surface area contributed by atoms with Gasteiger partial charge in [-0.15, -0.1) is 0 Å². The van der Waals surface area contributed by atoms with E-state index in [9.17, 15) is 4.79 Å². The number of hydrogen-bond acceptors (Lipinski definition) is 5. The fourth-order valence-electron chi connectivity index (χ4n) is 2.80. The van der Waals surface area contributed by atoms with E-state index >= 15 is 0 Å². The van der Waals surface area contributed by atoms with E-state index in [-0.39, 0.29) is 5.63 Å². The molecule has 0 saturated heterocycles. The van der Waals surface area contributed by atoms with Gasteiger partial charge >= 0.3 is 5.63 Å². The lowest BCUT2D eigenvalue weighted by Crippen LogP contribution is -2.23. The number of aryl methyl sites for hydroxylation is 2. The summed E-state index contributed by atoms with van der Waals surface area (Å²) in [5, 5.41) is 7.69. The Morgan fingerprint density at radius 2 is 2.04 bits per heavy atom. The molecule has 0 bridgehead atoms. The number of benzene rings is 1. The van der Waals surface area contributed by atoms with Gasteiger partial charge in [-0.05, 0) is 48.2 Å². The zero-order valence-electron chi connectivity index (χ0n) is 14.6. The zero-order chi connectivity index (χ0) is 17.6. The minimum Gasteiger partial charge on any atom is -0.423 e. The molecule has 0 radical (unpaired) electrons. The van der Waals surface area contributed by atoms with Crippen LogP contribution in [0.25, 0.3) is 11.0 Å². The van der Waals surface area contributed by atoms with Crippen molar-refractivity contribution < 1.29 is 4.42 Å². The minimum atomic E-state index is -0.309. The van der Waals surface area contributed by atoms with Crippen molar-refractivity contribution in [2.75, 3.05) is 18.4 Å². The lowest BCUT2D eigenvalue weighted by Gasteiger charge is -2.10. The summed E-state index contributed by atoms with van der Waals surface area (Å²) in [6.07, 6.45) is 2.73. The van der Waals surface area contributed by atoms with Crippen molar-refractivity contribution in [1.29, 1.82) is 0 Å². The Balaban J connectivity index is 1.63. The van der Waals surface area contributed by atoms with Crippen LogP contribution in [0.15, 0.2) is 51.8 Å². The smallest absolute Gasteiger partial charge is 0.336 e. The highest BCUT2D eigenvalue weighted by molar-refractivity contribution is 5.80. The maximum absolute atomic E-state index is 11.8. The monoisotopic (exact) mass is 337 g/mol. The Hall–Kier alpha value is -2.66. The molecule has 0 aliphatic rings. The molecule has 0 saturated carbocycles. The molecule has 25 heavy (non-hydrogen) atoms. The van der Waals surface area contributed by atoms with Gasteiger partial charge in [-0.3, -0.25) is 0 Å². The number of fused-ring (bicyclic) bond motifs is 1. The van der Waals surface area contributed by atoms with Gasteiger partial charge < -0.3 is 15.1 Å². The van der Waals surface area contributed by atoms with E-state index in [2.05, 4.69) is 28.6 Å². The van der Waals surface area contributed by atoms with E-state index in [1.807, 2.05) is 31.2 Å². The number of nitrogens with one attached hydrogen (secondary N) is 2. The highest BCUT2D eigenvalue weighted by atomic mass is 16.4. The first-order chi connectivity index (χ1) is 12.2. The fraction of sp³-hybridized carbons (Fsp3) is 0.300. The maximum atomic E-state index is 11.8. The molecule has 2 aromatic heterocycles. The fourth-order valence-corrected chi connectivity index (χ4v) is 2.80. The van der Waals surface area contributed by atoms with E-state index in [1.54, 1.807) is 12.3 Å². The molecule has 0 aliphatic heterocycles. The van der Waals surface area contributed by atoms with Crippen molar-refractivity contribution in [2.45, 2.75) is 26.8 Å². The first-order valence-electron chi connectivity index (χ1n) is 8.59. The van der Waals surface area contributed by atoms with E-state index in [0.29, 0.717) is 12.1 Å². The number of nitrogens with zero attached hydrogens (tertiary/aromatic N) is 1. The molecular weight excluding hydrogens is 314 g/mol. The van der Waals surface area contributed by atoms with Crippen molar-refractivity contribution in [2.24, 2.45) is 0 Å². The quantitative estimate of drug-likeness (QED) is 0.512. The maximum Gasteiger partial charge on any atom is 0.336 e. The highest BCUT2D eigenvalue weighted by Gasteiger charge is 2.06. The molecule has 5 nitrogen and oxygen atoms in total. The third kappa shape index (κ3) is 4.25. The van der Waals surface area contributed by atoms with Crippen LogP contribution in [0, 0.1) is 6.92 Å². The Morgan fingerprint density at radius 1 is 1.16 bits per heavy atom. The van der Waals surface area contributed by atoms with Gasteiger partial charge in [0.05, 0.1) is 0 Å². The van der Waals surface area contributed by atoms with Crippen LogP contribution in [-0.4, -0.2) is 18.1 Å². The molecule has 3 aromatic rings. The third-order valence-electron chi connectivity index (χ3n) is 4.22. The average Bonchev–Trinajstić information content (AvgIpc) is 2.62. The number of pyridine rings is 1. The molecule has 0 unspecified atom stereocenters. The molecule has 0 atom stereocenters. The van der Waals surface area contributed by atoms with Gasteiger partial charge in [0.25, 0.3) is 0 Å². The van der Waals surface area contributed by atoms with Crippen molar-refractivity contribution >= 4 is 16.8 Å². The third-order valence-corrected chi connectivity index (χ3v) is 4.22. The largest absolute Gasteiger partial charge is 0.423 e. The van der Waals surface area contributed by atoms with Crippen LogP contribution in [0.3, 0.4) is 0 Å².